The Balaban J connectivity index is 1.52. The van der Waals surface area contributed by atoms with E-state index in [1.54, 1.807) is 12.3 Å². The van der Waals surface area contributed by atoms with Crippen molar-refractivity contribution >= 4 is 16.0 Å². The van der Waals surface area contributed by atoms with Gasteiger partial charge in [-0.25, -0.2) is 18.5 Å². The minimum Gasteiger partial charge on any atom is -0.481 e. The molecule has 0 saturated heterocycles. The molecule has 3 N–H and O–H groups in total. The molecule has 4 rings (SSSR count). The minimum absolute atomic E-state index is 0.0165. The highest BCUT2D eigenvalue weighted by atomic mass is 32.2. The first kappa shape index (κ1) is 22.0. The van der Waals surface area contributed by atoms with Gasteiger partial charge in [0.05, 0.1) is 17.9 Å². The van der Waals surface area contributed by atoms with Crippen LogP contribution in [0.15, 0.2) is 59.6 Å². The normalized spacial score (nSPS) is 13.0. The van der Waals surface area contributed by atoms with E-state index in [0.29, 0.717) is 18.9 Å². The number of rotatable bonds is 8. The molecular formula is C24H24N2O5S. The number of carboxylic acid groups (broad SMARTS) is 1. The Morgan fingerprint density at radius 3 is 2.75 bits per heavy atom. The van der Waals surface area contributed by atoms with Gasteiger partial charge in [-0.1, -0.05) is 24.3 Å². The first-order valence-corrected chi connectivity index (χ1v) is 11.9. The lowest BCUT2D eigenvalue weighted by atomic mass is 9.91. The number of aromatic nitrogens is 1. The lowest BCUT2D eigenvalue weighted by Gasteiger charge is -2.14. The second-order valence-electron chi connectivity index (χ2n) is 7.83. The highest BCUT2D eigenvalue weighted by molar-refractivity contribution is 7.89. The number of sulfonamides is 1. The van der Waals surface area contributed by atoms with Crippen LogP contribution in [0.4, 0.5) is 0 Å². The van der Waals surface area contributed by atoms with Gasteiger partial charge in [0.2, 0.25) is 15.9 Å². The number of nitrogens with zero attached hydrogens (tertiary/aromatic N) is 1. The molecule has 32 heavy (non-hydrogen) atoms. The fourth-order valence-electron chi connectivity index (χ4n) is 4.17. The van der Waals surface area contributed by atoms with Gasteiger partial charge in [0.15, 0.2) is 0 Å². The molecule has 2 aromatic carbocycles. The van der Waals surface area contributed by atoms with E-state index in [4.69, 9.17) is 9.88 Å². The summed E-state index contributed by atoms with van der Waals surface area (Å²) < 4.78 is 28.8. The molecule has 0 saturated carbocycles. The van der Waals surface area contributed by atoms with Crippen molar-refractivity contribution in [2.75, 3.05) is 6.61 Å². The largest absolute Gasteiger partial charge is 0.481 e. The summed E-state index contributed by atoms with van der Waals surface area (Å²) in [4.78, 5) is 15.8. The van der Waals surface area contributed by atoms with Gasteiger partial charge in [0.25, 0.3) is 0 Å². The van der Waals surface area contributed by atoms with Crippen LogP contribution in [-0.2, 0) is 40.5 Å². The van der Waals surface area contributed by atoms with Gasteiger partial charge in [-0.15, -0.1) is 0 Å². The van der Waals surface area contributed by atoms with Crippen LogP contribution in [0, 0.1) is 0 Å². The molecule has 0 amide bonds. The molecule has 166 valence electrons. The lowest BCUT2D eigenvalue weighted by Crippen LogP contribution is -2.12. The number of aryl methyl sites for hydroxylation is 1. The van der Waals surface area contributed by atoms with Crippen molar-refractivity contribution < 1.29 is 23.1 Å². The number of carbonyl (C=O) groups is 1. The molecular weight excluding hydrogens is 428 g/mol. The molecule has 0 aliphatic heterocycles. The summed E-state index contributed by atoms with van der Waals surface area (Å²) >= 11 is 0. The van der Waals surface area contributed by atoms with Crippen molar-refractivity contribution in [1.29, 1.82) is 0 Å². The Kier molecular flexibility index (Phi) is 6.25. The van der Waals surface area contributed by atoms with Crippen LogP contribution in [0.1, 0.15) is 28.7 Å². The number of pyridine rings is 1. The SMILES string of the molecule is NS(=O)(=O)c1cccc(CCOc2cc(-c3ccc4c(c3CC(=O)O)CCC4)ccn2)c1. The zero-order chi connectivity index (χ0) is 22.7. The lowest BCUT2D eigenvalue weighted by molar-refractivity contribution is -0.136. The van der Waals surface area contributed by atoms with Crippen molar-refractivity contribution in [3.63, 3.8) is 0 Å². The zero-order valence-corrected chi connectivity index (χ0v) is 18.3. The summed E-state index contributed by atoms with van der Waals surface area (Å²) in [6.45, 7) is 0.302. The van der Waals surface area contributed by atoms with E-state index < -0.39 is 16.0 Å². The summed E-state index contributed by atoms with van der Waals surface area (Å²) in [6, 6.07) is 14.2. The molecule has 3 aromatic rings. The third-order valence-corrected chi connectivity index (χ3v) is 6.55. The highest BCUT2D eigenvalue weighted by Gasteiger charge is 2.20. The summed E-state index contributed by atoms with van der Waals surface area (Å²) in [5.74, 6) is -0.425. The molecule has 8 heteroatoms. The molecule has 1 aromatic heterocycles. The van der Waals surface area contributed by atoms with Crippen LogP contribution in [0.2, 0.25) is 0 Å². The van der Waals surface area contributed by atoms with E-state index in [1.165, 1.54) is 17.7 Å². The monoisotopic (exact) mass is 452 g/mol. The van der Waals surface area contributed by atoms with Crippen LogP contribution in [0.25, 0.3) is 11.1 Å². The first-order chi connectivity index (χ1) is 15.3. The Morgan fingerprint density at radius 2 is 1.97 bits per heavy atom. The van der Waals surface area contributed by atoms with E-state index in [0.717, 1.165) is 47.1 Å². The summed E-state index contributed by atoms with van der Waals surface area (Å²) in [5, 5.41) is 14.6. The number of hydrogen-bond donors (Lipinski definition) is 2. The van der Waals surface area contributed by atoms with Gasteiger partial charge >= 0.3 is 5.97 Å². The van der Waals surface area contributed by atoms with Gasteiger partial charge in [0.1, 0.15) is 0 Å². The van der Waals surface area contributed by atoms with Crippen LogP contribution in [-0.4, -0.2) is 31.1 Å². The second kappa shape index (κ2) is 9.10. The van der Waals surface area contributed by atoms with E-state index in [9.17, 15) is 18.3 Å². The molecule has 7 nitrogen and oxygen atoms in total. The van der Waals surface area contributed by atoms with E-state index >= 15 is 0 Å². The molecule has 0 radical (unpaired) electrons. The highest BCUT2D eigenvalue weighted by Crippen LogP contribution is 2.34. The third-order valence-electron chi connectivity index (χ3n) is 5.64. The number of aliphatic carboxylic acids is 1. The predicted octanol–water partition coefficient (Wildman–Crippen LogP) is 3.13. The Labute approximate surface area is 186 Å². The molecule has 0 unspecified atom stereocenters. The van der Waals surface area contributed by atoms with Crippen LogP contribution < -0.4 is 9.88 Å². The Morgan fingerprint density at radius 1 is 1.12 bits per heavy atom. The van der Waals surface area contributed by atoms with E-state index in [2.05, 4.69) is 11.1 Å². The van der Waals surface area contributed by atoms with Gasteiger partial charge in [-0.3, -0.25) is 4.79 Å². The Bertz CT molecular complexity index is 1270. The Hall–Kier alpha value is -3.23. The summed E-state index contributed by atoms with van der Waals surface area (Å²) in [5.41, 5.74) is 5.79. The fraction of sp³-hybridized carbons (Fsp3) is 0.250. The first-order valence-electron chi connectivity index (χ1n) is 10.4. The summed E-state index contributed by atoms with van der Waals surface area (Å²) in [7, 11) is -3.75. The average Bonchev–Trinajstić information content (AvgIpc) is 3.23. The number of hydrogen-bond acceptors (Lipinski definition) is 5. The van der Waals surface area contributed by atoms with Crippen LogP contribution >= 0.6 is 0 Å². The maximum Gasteiger partial charge on any atom is 0.307 e. The van der Waals surface area contributed by atoms with Crippen molar-refractivity contribution in [3.8, 4) is 17.0 Å². The molecule has 1 aliphatic carbocycles. The molecule has 0 spiro atoms. The van der Waals surface area contributed by atoms with Crippen molar-refractivity contribution in [1.82, 2.24) is 4.98 Å². The topological polar surface area (TPSA) is 120 Å². The average molecular weight is 453 g/mol. The van der Waals surface area contributed by atoms with Crippen LogP contribution in [0.3, 0.4) is 0 Å². The van der Waals surface area contributed by atoms with Gasteiger partial charge in [0, 0.05) is 18.7 Å². The van der Waals surface area contributed by atoms with Gasteiger partial charge < -0.3 is 9.84 Å². The number of ether oxygens (including phenoxy) is 1. The molecule has 1 heterocycles. The number of fused-ring (bicyclic) bond motifs is 1. The third kappa shape index (κ3) is 4.98. The van der Waals surface area contributed by atoms with E-state index in [1.807, 2.05) is 24.3 Å². The second-order valence-corrected chi connectivity index (χ2v) is 9.39. The minimum atomic E-state index is -3.75. The molecule has 1 aliphatic rings. The maximum atomic E-state index is 11.5. The number of benzene rings is 2. The van der Waals surface area contributed by atoms with Crippen molar-refractivity contribution in [2.45, 2.75) is 37.0 Å². The summed E-state index contributed by atoms with van der Waals surface area (Å²) in [6.07, 6.45) is 5.04. The molecule has 0 atom stereocenters. The standard InChI is InChI=1S/C24H24N2O5S/c25-32(29,30)19-5-1-3-16(13-19)10-12-31-23-14-18(9-11-26-23)21-8-7-17-4-2-6-20(17)22(21)15-24(27)28/h1,3,5,7-9,11,13-14H,2,4,6,10,12,15H2,(H,27,28)(H2,25,29,30). The van der Waals surface area contributed by atoms with Gasteiger partial charge in [-0.05, 0) is 70.8 Å². The quantitative estimate of drug-likeness (QED) is 0.542. The fourth-order valence-corrected chi connectivity index (χ4v) is 4.76. The van der Waals surface area contributed by atoms with Gasteiger partial charge in [-0.2, -0.15) is 0 Å². The number of carboxylic acids is 1. The smallest absolute Gasteiger partial charge is 0.307 e. The molecule has 0 bridgehead atoms. The maximum absolute atomic E-state index is 11.5. The van der Waals surface area contributed by atoms with E-state index in [-0.39, 0.29) is 11.3 Å². The molecule has 0 fully saturated rings. The predicted molar refractivity (Wildman–Crippen MR) is 120 cm³/mol. The van der Waals surface area contributed by atoms with Crippen molar-refractivity contribution in [2.24, 2.45) is 5.14 Å². The number of nitrogens with two attached hydrogens (primary N) is 1. The zero-order valence-electron chi connectivity index (χ0n) is 17.5. The number of primary sulfonamides is 1. The van der Waals surface area contributed by atoms with Crippen LogP contribution in [0.5, 0.6) is 5.88 Å². The van der Waals surface area contributed by atoms with Crippen molar-refractivity contribution in [3.05, 3.63) is 77.0 Å².